The quantitative estimate of drug-likeness (QED) is 0.660. The number of unbranched alkanes of at least 4 members (excludes halogenated alkanes) is 1. The molecule has 0 aliphatic carbocycles. The van der Waals surface area contributed by atoms with Gasteiger partial charge in [-0.3, -0.25) is 14.8 Å². The molecule has 2 heterocycles. The van der Waals surface area contributed by atoms with Crippen molar-refractivity contribution in [3.63, 3.8) is 0 Å². The van der Waals surface area contributed by atoms with Gasteiger partial charge in [-0.1, -0.05) is 25.5 Å². The number of anilines is 2. The number of benzene rings is 1. The van der Waals surface area contributed by atoms with Crippen LogP contribution in [0.2, 0.25) is 0 Å². The number of aromatic nitrogens is 2. The lowest BCUT2D eigenvalue weighted by molar-refractivity contribution is 0.102. The summed E-state index contributed by atoms with van der Waals surface area (Å²) in [5.74, 6) is -0.244. The van der Waals surface area contributed by atoms with Crippen molar-refractivity contribution in [2.75, 3.05) is 11.1 Å². The minimum Gasteiger partial charge on any atom is -0.398 e. The zero-order chi connectivity index (χ0) is 19.1. The molecule has 27 heavy (non-hydrogen) atoms. The van der Waals surface area contributed by atoms with Crippen LogP contribution in [0.3, 0.4) is 0 Å². The molecule has 0 radical (unpaired) electrons. The maximum absolute atomic E-state index is 12.9. The van der Waals surface area contributed by atoms with E-state index in [0.29, 0.717) is 23.4 Å². The van der Waals surface area contributed by atoms with Gasteiger partial charge in [0.1, 0.15) is 0 Å². The number of hydrogen-bond donors (Lipinski definition) is 2. The average molecular weight is 360 g/mol. The second kappa shape index (κ2) is 8.94. The van der Waals surface area contributed by atoms with Gasteiger partial charge >= 0.3 is 0 Å². The van der Waals surface area contributed by atoms with Crippen LogP contribution in [0.5, 0.6) is 0 Å². The fourth-order valence-electron chi connectivity index (χ4n) is 2.94. The summed E-state index contributed by atoms with van der Waals surface area (Å²) < 4.78 is 0. The number of carbonyl (C=O) groups excluding carboxylic acids is 1. The first-order valence-corrected chi connectivity index (χ1v) is 9.20. The molecule has 0 atom stereocenters. The summed E-state index contributed by atoms with van der Waals surface area (Å²) in [5, 5.41) is 2.94. The Morgan fingerprint density at radius 2 is 1.74 bits per heavy atom. The smallest absolute Gasteiger partial charge is 0.259 e. The molecule has 1 aromatic carbocycles. The van der Waals surface area contributed by atoms with Gasteiger partial charge < -0.3 is 11.1 Å². The highest BCUT2D eigenvalue weighted by molar-refractivity contribution is 6.08. The number of nitrogens with one attached hydrogen (secondary N) is 1. The topological polar surface area (TPSA) is 80.9 Å². The minimum atomic E-state index is -0.244. The summed E-state index contributed by atoms with van der Waals surface area (Å²) in [5.41, 5.74) is 10.6. The van der Waals surface area contributed by atoms with Crippen molar-refractivity contribution < 1.29 is 4.79 Å². The molecule has 0 bridgehead atoms. The standard InChI is InChI=1S/C22H24N4O/c1-2-3-4-16-5-7-18(8-6-16)26-22(27)21-19(23)11-14-25-20(21)15-17-9-12-24-13-10-17/h5-14H,2-4,15H2,1H3,(H2,23,25)(H,26,27). The summed E-state index contributed by atoms with van der Waals surface area (Å²) in [6, 6.07) is 13.4. The summed E-state index contributed by atoms with van der Waals surface area (Å²) in [6.07, 6.45) is 8.98. The fraction of sp³-hybridized carbons (Fsp3) is 0.227. The molecule has 0 spiro atoms. The lowest BCUT2D eigenvalue weighted by Crippen LogP contribution is -2.17. The molecule has 3 aromatic rings. The number of amides is 1. The number of nitrogens with zero attached hydrogens (tertiary/aromatic N) is 2. The number of hydrogen-bond acceptors (Lipinski definition) is 4. The molecule has 3 rings (SSSR count). The van der Waals surface area contributed by atoms with E-state index in [-0.39, 0.29) is 5.91 Å². The van der Waals surface area contributed by atoms with E-state index in [1.807, 2.05) is 24.3 Å². The average Bonchev–Trinajstić information content (AvgIpc) is 2.68. The molecule has 5 heteroatoms. The number of nitrogen functional groups attached to an aromatic ring is 1. The molecular weight excluding hydrogens is 336 g/mol. The molecule has 0 aliphatic heterocycles. The van der Waals surface area contributed by atoms with Crippen LogP contribution in [0, 0.1) is 0 Å². The van der Waals surface area contributed by atoms with Crippen molar-refractivity contribution in [1.82, 2.24) is 9.97 Å². The fourth-order valence-corrected chi connectivity index (χ4v) is 2.94. The van der Waals surface area contributed by atoms with Gasteiger partial charge in [0.05, 0.1) is 11.3 Å². The van der Waals surface area contributed by atoms with Crippen LogP contribution in [0.4, 0.5) is 11.4 Å². The second-order valence-electron chi connectivity index (χ2n) is 6.51. The highest BCUT2D eigenvalue weighted by Gasteiger charge is 2.17. The Balaban J connectivity index is 1.78. The third-order valence-corrected chi connectivity index (χ3v) is 4.44. The van der Waals surface area contributed by atoms with Gasteiger partial charge in [0.2, 0.25) is 0 Å². The van der Waals surface area contributed by atoms with E-state index in [1.54, 1.807) is 24.7 Å². The zero-order valence-electron chi connectivity index (χ0n) is 15.5. The Bertz CT molecular complexity index is 892. The summed E-state index contributed by atoms with van der Waals surface area (Å²) in [6.45, 7) is 2.18. The Hall–Kier alpha value is -3.21. The third kappa shape index (κ3) is 4.91. The normalized spacial score (nSPS) is 10.6. The lowest BCUT2D eigenvalue weighted by Gasteiger charge is -2.12. The first-order valence-electron chi connectivity index (χ1n) is 9.20. The lowest BCUT2D eigenvalue weighted by atomic mass is 10.0. The third-order valence-electron chi connectivity index (χ3n) is 4.44. The first kappa shape index (κ1) is 18.6. The maximum atomic E-state index is 12.9. The van der Waals surface area contributed by atoms with Crippen LogP contribution in [-0.4, -0.2) is 15.9 Å². The summed E-state index contributed by atoms with van der Waals surface area (Å²) in [7, 11) is 0. The van der Waals surface area contributed by atoms with Crippen molar-refractivity contribution in [2.45, 2.75) is 32.6 Å². The van der Waals surface area contributed by atoms with Gasteiger partial charge in [-0.2, -0.15) is 0 Å². The van der Waals surface area contributed by atoms with E-state index < -0.39 is 0 Å². The van der Waals surface area contributed by atoms with Crippen LogP contribution < -0.4 is 11.1 Å². The Labute approximate surface area is 159 Å². The molecular formula is C22H24N4O. The molecule has 0 fully saturated rings. The molecule has 138 valence electrons. The summed E-state index contributed by atoms with van der Waals surface area (Å²) in [4.78, 5) is 21.3. The van der Waals surface area contributed by atoms with Crippen molar-refractivity contribution >= 4 is 17.3 Å². The van der Waals surface area contributed by atoms with Crippen LogP contribution in [0.15, 0.2) is 61.1 Å². The van der Waals surface area contributed by atoms with Gasteiger partial charge in [-0.25, -0.2) is 0 Å². The highest BCUT2D eigenvalue weighted by atomic mass is 16.1. The van der Waals surface area contributed by atoms with E-state index in [1.165, 1.54) is 12.0 Å². The van der Waals surface area contributed by atoms with E-state index in [2.05, 4.69) is 34.3 Å². The number of pyridine rings is 2. The molecule has 0 aliphatic rings. The zero-order valence-corrected chi connectivity index (χ0v) is 15.5. The predicted octanol–water partition coefficient (Wildman–Crippen LogP) is 4.24. The summed E-state index contributed by atoms with van der Waals surface area (Å²) >= 11 is 0. The molecule has 0 saturated carbocycles. The van der Waals surface area contributed by atoms with Gasteiger partial charge in [-0.15, -0.1) is 0 Å². The molecule has 3 N–H and O–H groups in total. The van der Waals surface area contributed by atoms with Gasteiger partial charge in [0, 0.05) is 36.4 Å². The number of aryl methyl sites for hydroxylation is 1. The van der Waals surface area contributed by atoms with Crippen molar-refractivity contribution in [3.05, 3.63) is 83.4 Å². The minimum absolute atomic E-state index is 0.244. The van der Waals surface area contributed by atoms with E-state index in [0.717, 1.165) is 24.1 Å². The highest BCUT2D eigenvalue weighted by Crippen LogP contribution is 2.20. The Kier molecular flexibility index (Phi) is 6.15. The molecule has 0 saturated heterocycles. The molecule has 2 aromatic heterocycles. The first-order chi connectivity index (χ1) is 13.2. The van der Waals surface area contributed by atoms with Gasteiger partial charge in [0.15, 0.2) is 0 Å². The van der Waals surface area contributed by atoms with Crippen molar-refractivity contribution in [1.29, 1.82) is 0 Å². The number of carbonyl (C=O) groups is 1. The van der Waals surface area contributed by atoms with E-state index in [4.69, 9.17) is 5.73 Å². The van der Waals surface area contributed by atoms with Gasteiger partial charge in [-0.05, 0) is 54.3 Å². The van der Waals surface area contributed by atoms with Crippen LogP contribution in [0.1, 0.15) is 46.9 Å². The van der Waals surface area contributed by atoms with Crippen LogP contribution in [0.25, 0.3) is 0 Å². The monoisotopic (exact) mass is 360 g/mol. The molecule has 0 unspecified atom stereocenters. The van der Waals surface area contributed by atoms with Crippen molar-refractivity contribution in [2.24, 2.45) is 0 Å². The van der Waals surface area contributed by atoms with Crippen molar-refractivity contribution in [3.8, 4) is 0 Å². The molecule has 5 nitrogen and oxygen atoms in total. The van der Waals surface area contributed by atoms with Crippen LogP contribution in [-0.2, 0) is 12.8 Å². The number of rotatable bonds is 7. The Morgan fingerprint density at radius 1 is 1.00 bits per heavy atom. The number of nitrogens with two attached hydrogens (primary N) is 1. The van der Waals surface area contributed by atoms with Crippen LogP contribution >= 0.6 is 0 Å². The Morgan fingerprint density at radius 3 is 2.44 bits per heavy atom. The maximum Gasteiger partial charge on any atom is 0.259 e. The predicted molar refractivity (Wildman–Crippen MR) is 109 cm³/mol. The SMILES string of the molecule is CCCCc1ccc(NC(=O)c2c(N)ccnc2Cc2ccncc2)cc1. The largest absolute Gasteiger partial charge is 0.398 e. The molecule has 1 amide bonds. The van der Waals surface area contributed by atoms with Gasteiger partial charge in [0.25, 0.3) is 5.91 Å². The second-order valence-corrected chi connectivity index (χ2v) is 6.51. The van der Waals surface area contributed by atoms with E-state index >= 15 is 0 Å². The van der Waals surface area contributed by atoms with E-state index in [9.17, 15) is 4.79 Å².